The number of benzene rings is 2. The van der Waals surface area contributed by atoms with Gasteiger partial charge < -0.3 is 4.57 Å². The summed E-state index contributed by atoms with van der Waals surface area (Å²) in [6.07, 6.45) is 5.44. The van der Waals surface area contributed by atoms with E-state index in [4.69, 9.17) is 0 Å². The lowest BCUT2D eigenvalue weighted by Crippen LogP contribution is -2.07. The number of aryl methyl sites for hydroxylation is 1. The average Bonchev–Trinajstić information content (AvgIpc) is 3.00. The van der Waals surface area contributed by atoms with Crippen LogP contribution in [0, 0.1) is 0 Å². The van der Waals surface area contributed by atoms with Crippen molar-refractivity contribution in [1.82, 2.24) is 19.2 Å². The van der Waals surface area contributed by atoms with Crippen LogP contribution in [-0.4, -0.2) is 19.2 Å². The third kappa shape index (κ3) is 1.82. The van der Waals surface area contributed by atoms with E-state index in [9.17, 15) is 0 Å². The minimum Gasteiger partial charge on any atom is -0.310 e. The molecule has 2 aromatic heterocycles. The molecular weight excluding hydrogens is 260 g/mol. The zero-order chi connectivity index (χ0) is 14.2. The van der Waals surface area contributed by atoms with Gasteiger partial charge in [-0.05, 0) is 23.9 Å². The van der Waals surface area contributed by atoms with Crippen molar-refractivity contribution in [2.75, 3.05) is 0 Å². The molecule has 2 heterocycles. The number of unbranched alkanes of at least 4 members (excludes halogenated alkanes) is 2. The van der Waals surface area contributed by atoms with Crippen LogP contribution in [0.5, 0.6) is 0 Å². The van der Waals surface area contributed by atoms with E-state index in [-0.39, 0.29) is 0 Å². The number of aromatic nitrogens is 4. The van der Waals surface area contributed by atoms with E-state index in [0.717, 1.165) is 12.3 Å². The Balaban J connectivity index is 2.09. The Kier molecular flexibility index (Phi) is 2.88. The van der Waals surface area contributed by atoms with Crippen molar-refractivity contribution in [3.05, 3.63) is 42.7 Å². The van der Waals surface area contributed by atoms with Crippen LogP contribution in [0.25, 0.3) is 27.6 Å². The second kappa shape index (κ2) is 4.88. The van der Waals surface area contributed by atoms with Gasteiger partial charge in [-0.3, -0.25) is 4.40 Å². The van der Waals surface area contributed by atoms with Crippen LogP contribution in [0.3, 0.4) is 0 Å². The SMILES string of the molecule is CCCCCn1c2cccc3cccc(c32)n2cnnc12. The van der Waals surface area contributed by atoms with Gasteiger partial charge in [-0.2, -0.15) is 0 Å². The largest absolute Gasteiger partial charge is 0.310 e. The number of hydrogen-bond donors (Lipinski definition) is 0. The number of nitrogens with zero attached hydrogens (tertiary/aromatic N) is 4. The highest BCUT2D eigenvalue weighted by Crippen LogP contribution is 2.28. The lowest BCUT2D eigenvalue weighted by atomic mass is 10.1. The van der Waals surface area contributed by atoms with Crippen molar-refractivity contribution < 1.29 is 0 Å². The third-order valence-electron chi connectivity index (χ3n) is 4.17. The highest BCUT2D eigenvalue weighted by atomic mass is 15.3. The summed E-state index contributed by atoms with van der Waals surface area (Å²) in [4.78, 5) is 0. The van der Waals surface area contributed by atoms with Gasteiger partial charge in [0.1, 0.15) is 6.33 Å². The molecule has 0 atom stereocenters. The monoisotopic (exact) mass is 278 g/mol. The van der Waals surface area contributed by atoms with Gasteiger partial charge in [0, 0.05) is 11.9 Å². The fourth-order valence-corrected chi connectivity index (χ4v) is 3.16. The molecule has 21 heavy (non-hydrogen) atoms. The number of hydrogen-bond acceptors (Lipinski definition) is 2. The second-order valence-electron chi connectivity index (χ2n) is 5.51. The molecule has 4 rings (SSSR count). The molecular formula is C17H18N4. The minimum atomic E-state index is 0.928. The van der Waals surface area contributed by atoms with Crippen LogP contribution >= 0.6 is 0 Å². The molecule has 4 nitrogen and oxygen atoms in total. The van der Waals surface area contributed by atoms with E-state index >= 15 is 0 Å². The summed E-state index contributed by atoms with van der Waals surface area (Å²) in [5.74, 6) is 0.928. The summed E-state index contributed by atoms with van der Waals surface area (Å²) in [7, 11) is 0. The molecule has 0 saturated heterocycles. The molecule has 0 aliphatic carbocycles. The normalized spacial score (nSPS) is 11.9. The minimum absolute atomic E-state index is 0.928. The zero-order valence-electron chi connectivity index (χ0n) is 12.2. The van der Waals surface area contributed by atoms with E-state index in [2.05, 4.69) is 62.5 Å². The molecule has 0 aliphatic rings. The van der Waals surface area contributed by atoms with Crippen molar-refractivity contribution in [2.24, 2.45) is 0 Å². The molecule has 0 spiro atoms. The number of fused-ring (bicyclic) bond motifs is 2. The molecule has 0 saturated carbocycles. The summed E-state index contributed by atoms with van der Waals surface area (Å²) in [5, 5.41) is 11.0. The van der Waals surface area contributed by atoms with Crippen molar-refractivity contribution >= 4 is 27.6 Å². The molecule has 0 radical (unpaired) electrons. The predicted octanol–water partition coefficient (Wildman–Crippen LogP) is 4.03. The summed E-state index contributed by atoms with van der Waals surface area (Å²) in [6.45, 7) is 3.22. The van der Waals surface area contributed by atoms with Gasteiger partial charge in [0.05, 0.1) is 11.0 Å². The van der Waals surface area contributed by atoms with E-state index in [0.29, 0.717) is 0 Å². The Morgan fingerprint density at radius 1 is 1.00 bits per heavy atom. The van der Waals surface area contributed by atoms with Gasteiger partial charge in [-0.25, -0.2) is 0 Å². The van der Waals surface area contributed by atoms with Gasteiger partial charge in [0.2, 0.25) is 5.78 Å². The second-order valence-corrected chi connectivity index (χ2v) is 5.51. The maximum absolute atomic E-state index is 4.34. The molecule has 106 valence electrons. The molecule has 0 amide bonds. The third-order valence-corrected chi connectivity index (χ3v) is 4.17. The molecule has 4 aromatic rings. The summed E-state index contributed by atoms with van der Waals surface area (Å²) in [5.41, 5.74) is 2.43. The van der Waals surface area contributed by atoms with E-state index in [1.54, 1.807) is 0 Å². The Labute approximate surface area is 123 Å². The number of rotatable bonds is 4. The van der Waals surface area contributed by atoms with Crippen molar-refractivity contribution in [1.29, 1.82) is 0 Å². The van der Waals surface area contributed by atoms with E-state index < -0.39 is 0 Å². The van der Waals surface area contributed by atoms with Crippen LogP contribution in [-0.2, 0) is 6.54 Å². The van der Waals surface area contributed by atoms with Crippen molar-refractivity contribution in [3.8, 4) is 0 Å². The topological polar surface area (TPSA) is 35.1 Å². The molecule has 0 unspecified atom stereocenters. The molecule has 0 bridgehead atoms. The van der Waals surface area contributed by atoms with Crippen LogP contribution < -0.4 is 0 Å². The van der Waals surface area contributed by atoms with Crippen molar-refractivity contribution in [3.63, 3.8) is 0 Å². The van der Waals surface area contributed by atoms with Crippen LogP contribution in [0.4, 0.5) is 0 Å². The summed E-state index contributed by atoms with van der Waals surface area (Å²) >= 11 is 0. The van der Waals surface area contributed by atoms with Gasteiger partial charge >= 0.3 is 0 Å². The Morgan fingerprint density at radius 3 is 2.62 bits per heavy atom. The lowest BCUT2D eigenvalue weighted by molar-refractivity contribution is 0.617. The van der Waals surface area contributed by atoms with Gasteiger partial charge in [0.15, 0.2) is 0 Å². The Bertz CT molecular complexity index is 911. The fraction of sp³-hybridized carbons (Fsp3) is 0.294. The summed E-state index contributed by atoms with van der Waals surface area (Å²) in [6, 6.07) is 12.9. The predicted molar refractivity (Wildman–Crippen MR) is 85.5 cm³/mol. The fourth-order valence-electron chi connectivity index (χ4n) is 3.16. The molecule has 0 aliphatic heterocycles. The maximum atomic E-state index is 4.34. The molecule has 4 heteroatoms. The van der Waals surface area contributed by atoms with Gasteiger partial charge in [-0.15, -0.1) is 10.2 Å². The van der Waals surface area contributed by atoms with Crippen LogP contribution in [0.15, 0.2) is 42.7 Å². The standard InChI is InChI=1S/C17H18N4/c1-2-3-4-11-20-14-9-5-7-13-8-6-10-15(16(13)14)21-12-18-19-17(20)21/h5-10,12H,2-4,11H2,1H3. The smallest absolute Gasteiger partial charge is 0.236 e. The Morgan fingerprint density at radius 2 is 1.81 bits per heavy atom. The highest BCUT2D eigenvalue weighted by molar-refractivity contribution is 6.08. The maximum Gasteiger partial charge on any atom is 0.236 e. The molecule has 2 aromatic carbocycles. The summed E-state index contributed by atoms with van der Waals surface area (Å²) < 4.78 is 4.40. The van der Waals surface area contributed by atoms with Crippen LogP contribution in [0.2, 0.25) is 0 Å². The highest BCUT2D eigenvalue weighted by Gasteiger charge is 2.12. The van der Waals surface area contributed by atoms with Gasteiger partial charge in [0.25, 0.3) is 0 Å². The van der Waals surface area contributed by atoms with E-state index in [1.165, 1.54) is 41.1 Å². The van der Waals surface area contributed by atoms with Crippen molar-refractivity contribution in [2.45, 2.75) is 32.7 Å². The van der Waals surface area contributed by atoms with Crippen LogP contribution in [0.1, 0.15) is 26.2 Å². The molecule has 0 fully saturated rings. The zero-order valence-corrected chi connectivity index (χ0v) is 12.2. The molecule has 0 N–H and O–H groups in total. The average molecular weight is 278 g/mol. The first kappa shape index (κ1) is 12.4. The lowest BCUT2D eigenvalue weighted by Gasteiger charge is -2.15. The van der Waals surface area contributed by atoms with E-state index in [1.807, 2.05) is 6.33 Å². The quantitative estimate of drug-likeness (QED) is 0.528. The van der Waals surface area contributed by atoms with Gasteiger partial charge in [-0.1, -0.05) is 44.0 Å². The first-order valence-electron chi connectivity index (χ1n) is 7.60. The first-order valence-corrected chi connectivity index (χ1v) is 7.60. The first-order chi connectivity index (χ1) is 10.4. The Hall–Kier alpha value is -2.36.